The first-order valence-corrected chi connectivity index (χ1v) is 6.23. The van der Waals surface area contributed by atoms with Gasteiger partial charge in [0.2, 0.25) is 0 Å². The lowest BCUT2D eigenvalue weighted by Crippen LogP contribution is -2.05. The van der Waals surface area contributed by atoms with Crippen LogP contribution >= 0.6 is 0 Å². The first-order chi connectivity index (χ1) is 9.97. The number of alkyl halides is 2. The van der Waals surface area contributed by atoms with Crippen molar-refractivity contribution in [2.75, 3.05) is 5.32 Å². The molecule has 0 saturated carbocycles. The van der Waals surface area contributed by atoms with E-state index in [4.69, 9.17) is 0 Å². The highest BCUT2D eigenvalue weighted by molar-refractivity contribution is 5.49. The molecular weight excluding hydrogens is 283 g/mol. The lowest BCUT2D eigenvalue weighted by atomic mass is 10.1. The summed E-state index contributed by atoms with van der Waals surface area (Å²) in [6, 6.07) is 8.92. The van der Waals surface area contributed by atoms with E-state index in [1.54, 1.807) is 25.1 Å². The van der Waals surface area contributed by atoms with E-state index < -0.39 is 18.2 Å². The van der Waals surface area contributed by atoms with E-state index in [0.29, 0.717) is 11.3 Å². The highest BCUT2D eigenvalue weighted by atomic mass is 19.3. The molecule has 0 bridgehead atoms. The highest BCUT2D eigenvalue weighted by Crippen LogP contribution is 2.25. The summed E-state index contributed by atoms with van der Waals surface area (Å²) in [6.45, 7) is -1.01. The van der Waals surface area contributed by atoms with Gasteiger partial charge in [0.15, 0.2) is 11.6 Å². The number of phenolic OH excluding ortho intramolecular Hbond substituents is 1. The smallest absolute Gasteiger partial charge is 0.387 e. The van der Waals surface area contributed by atoms with Crippen molar-refractivity contribution in [3.8, 4) is 11.5 Å². The van der Waals surface area contributed by atoms with Crippen LogP contribution in [0.4, 0.5) is 18.9 Å². The molecule has 2 N–H and O–H groups in total. The fraction of sp³-hybridized carbons (Fsp3) is 0.200. The molecule has 0 amide bonds. The van der Waals surface area contributed by atoms with Gasteiger partial charge in [0.1, 0.15) is 5.75 Å². The average molecular weight is 297 g/mol. The monoisotopic (exact) mass is 297 g/mol. The molecule has 2 aromatic rings. The topological polar surface area (TPSA) is 41.5 Å². The number of hydrogen-bond acceptors (Lipinski definition) is 3. The molecule has 0 radical (unpaired) electrons. The van der Waals surface area contributed by atoms with E-state index in [1.165, 1.54) is 6.07 Å². The van der Waals surface area contributed by atoms with E-state index in [2.05, 4.69) is 10.1 Å². The quantitative estimate of drug-likeness (QED) is 0.874. The number of aryl methyl sites for hydroxylation is 1. The molecule has 2 rings (SSSR count). The predicted molar refractivity (Wildman–Crippen MR) is 73.2 cm³/mol. The normalized spacial score (nSPS) is 10.7. The molecule has 0 heterocycles. The molecule has 0 aliphatic carbocycles. The summed E-state index contributed by atoms with van der Waals surface area (Å²) >= 11 is 0. The molecule has 0 fully saturated rings. The van der Waals surface area contributed by atoms with E-state index >= 15 is 0 Å². The third-order valence-corrected chi connectivity index (χ3v) is 2.95. The van der Waals surface area contributed by atoms with Gasteiger partial charge in [-0.05, 0) is 24.6 Å². The van der Waals surface area contributed by atoms with Gasteiger partial charge in [0, 0.05) is 23.9 Å². The number of rotatable bonds is 5. The summed E-state index contributed by atoms with van der Waals surface area (Å²) in [7, 11) is 0. The molecule has 6 heteroatoms. The van der Waals surface area contributed by atoms with Crippen LogP contribution in [0.3, 0.4) is 0 Å². The van der Waals surface area contributed by atoms with Gasteiger partial charge in [-0.1, -0.05) is 18.2 Å². The van der Waals surface area contributed by atoms with Crippen LogP contribution in [0.1, 0.15) is 11.1 Å². The Morgan fingerprint density at radius 3 is 2.67 bits per heavy atom. The van der Waals surface area contributed by atoms with Crippen LogP contribution in [0, 0.1) is 12.7 Å². The molecule has 0 aliphatic rings. The van der Waals surface area contributed by atoms with Crippen molar-refractivity contribution in [2.45, 2.75) is 20.1 Å². The molecule has 21 heavy (non-hydrogen) atoms. The van der Waals surface area contributed by atoms with Gasteiger partial charge < -0.3 is 15.2 Å². The fourth-order valence-corrected chi connectivity index (χ4v) is 1.86. The SMILES string of the molecule is Cc1cccc(CNc2ccc(OC(F)F)c(F)c2)c1O. The average Bonchev–Trinajstić information content (AvgIpc) is 2.43. The summed E-state index contributed by atoms with van der Waals surface area (Å²) < 4.78 is 41.6. The zero-order valence-electron chi connectivity index (χ0n) is 11.2. The summed E-state index contributed by atoms with van der Waals surface area (Å²) in [5, 5.41) is 12.8. The molecule has 112 valence electrons. The molecule has 0 aliphatic heterocycles. The Hall–Kier alpha value is -2.37. The molecule has 0 aromatic heterocycles. The van der Waals surface area contributed by atoms with E-state index in [0.717, 1.165) is 17.7 Å². The van der Waals surface area contributed by atoms with Crippen LogP contribution in [0.15, 0.2) is 36.4 Å². The zero-order valence-corrected chi connectivity index (χ0v) is 11.2. The minimum atomic E-state index is -3.07. The minimum absolute atomic E-state index is 0.170. The number of anilines is 1. The minimum Gasteiger partial charge on any atom is -0.507 e. The van der Waals surface area contributed by atoms with Crippen molar-refractivity contribution in [3.63, 3.8) is 0 Å². The number of ether oxygens (including phenoxy) is 1. The molecule has 3 nitrogen and oxygen atoms in total. The van der Waals surface area contributed by atoms with Crippen molar-refractivity contribution in [1.29, 1.82) is 0 Å². The van der Waals surface area contributed by atoms with Gasteiger partial charge >= 0.3 is 6.61 Å². The third-order valence-electron chi connectivity index (χ3n) is 2.95. The second-order valence-electron chi connectivity index (χ2n) is 4.46. The predicted octanol–water partition coefficient (Wildman–Crippen LogP) is 4.05. The Kier molecular flexibility index (Phi) is 4.57. The Labute approximate surface area is 120 Å². The van der Waals surface area contributed by atoms with Gasteiger partial charge in [-0.3, -0.25) is 0 Å². The van der Waals surface area contributed by atoms with Crippen LogP contribution in [0.5, 0.6) is 11.5 Å². The lowest BCUT2D eigenvalue weighted by molar-refractivity contribution is -0.0521. The van der Waals surface area contributed by atoms with Crippen LogP contribution < -0.4 is 10.1 Å². The van der Waals surface area contributed by atoms with Crippen LogP contribution in [-0.4, -0.2) is 11.7 Å². The Morgan fingerprint density at radius 1 is 1.24 bits per heavy atom. The second-order valence-corrected chi connectivity index (χ2v) is 4.46. The molecular formula is C15H14F3NO2. The Balaban J connectivity index is 2.07. The van der Waals surface area contributed by atoms with Crippen LogP contribution in [0.2, 0.25) is 0 Å². The van der Waals surface area contributed by atoms with E-state index in [1.807, 2.05) is 0 Å². The molecule has 2 aromatic carbocycles. The number of benzene rings is 2. The standard InChI is InChI=1S/C15H14F3NO2/c1-9-3-2-4-10(14(9)20)8-19-11-5-6-13(12(16)7-11)21-15(17)18/h2-7,15,19-20H,8H2,1H3. The van der Waals surface area contributed by atoms with Crippen molar-refractivity contribution < 1.29 is 23.0 Å². The zero-order chi connectivity index (χ0) is 15.4. The summed E-state index contributed by atoms with van der Waals surface area (Å²) in [5.41, 5.74) is 1.79. The van der Waals surface area contributed by atoms with Crippen molar-refractivity contribution >= 4 is 5.69 Å². The van der Waals surface area contributed by atoms with Crippen molar-refractivity contribution in [1.82, 2.24) is 0 Å². The second kappa shape index (κ2) is 6.39. The fourth-order valence-electron chi connectivity index (χ4n) is 1.86. The number of para-hydroxylation sites is 1. The first-order valence-electron chi connectivity index (χ1n) is 6.23. The molecule has 0 saturated heterocycles. The lowest BCUT2D eigenvalue weighted by Gasteiger charge is -2.11. The maximum absolute atomic E-state index is 13.5. The van der Waals surface area contributed by atoms with Gasteiger partial charge in [0.25, 0.3) is 0 Å². The maximum atomic E-state index is 13.5. The van der Waals surface area contributed by atoms with Gasteiger partial charge in [-0.25, -0.2) is 4.39 Å². The van der Waals surface area contributed by atoms with Gasteiger partial charge in [-0.2, -0.15) is 8.78 Å². The number of nitrogens with one attached hydrogen (secondary N) is 1. The first kappa shape index (κ1) is 15.0. The van der Waals surface area contributed by atoms with E-state index in [-0.39, 0.29) is 12.3 Å². The molecule has 0 unspecified atom stereocenters. The Bertz CT molecular complexity index is 632. The van der Waals surface area contributed by atoms with Crippen molar-refractivity contribution in [2.24, 2.45) is 0 Å². The summed E-state index contributed by atoms with van der Waals surface area (Å²) in [6.07, 6.45) is 0. The van der Waals surface area contributed by atoms with Gasteiger partial charge in [-0.15, -0.1) is 0 Å². The number of aromatic hydroxyl groups is 1. The summed E-state index contributed by atoms with van der Waals surface area (Å²) in [5.74, 6) is -1.22. The number of hydrogen-bond donors (Lipinski definition) is 2. The third kappa shape index (κ3) is 3.81. The van der Waals surface area contributed by atoms with Gasteiger partial charge in [0.05, 0.1) is 0 Å². The number of phenols is 1. The summed E-state index contributed by atoms with van der Waals surface area (Å²) in [4.78, 5) is 0. The van der Waals surface area contributed by atoms with Crippen molar-refractivity contribution in [3.05, 3.63) is 53.3 Å². The van der Waals surface area contributed by atoms with Crippen LogP contribution in [0.25, 0.3) is 0 Å². The Morgan fingerprint density at radius 2 is 2.00 bits per heavy atom. The maximum Gasteiger partial charge on any atom is 0.387 e. The highest BCUT2D eigenvalue weighted by Gasteiger charge is 2.10. The molecule has 0 atom stereocenters. The molecule has 0 spiro atoms. The van der Waals surface area contributed by atoms with E-state index in [9.17, 15) is 18.3 Å². The largest absolute Gasteiger partial charge is 0.507 e. The number of halogens is 3. The van der Waals surface area contributed by atoms with Crippen LogP contribution in [-0.2, 0) is 6.54 Å².